The van der Waals surface area contributed by atoms with Gasteiger partial charge in [0.25, 0.3) is 5.56 Å². The number of aryl methyl sites for hydroxylation is 2. The number of aromatic nitrogens is 1. The van der Waals surface area contributed by atoms with Crippen molar-refractivity contribution in [3.8, 4) is 0 Å². The second-order valence-corrected chi connectivity index (χ2v) is 9.19. The van der Waals surface area contributed by atoms with Crippen LogP contribution in [0.4, 0.5) is 10.5 Å². The van der Waals surface area contributed by atoms with Gasteiger partial charge in [-0.3, -0.25) is 9.69 Å². The zero-order valence-electron chi connectivity index (χ0n) is 19.7. The Morgan fingerprint density at radius 3 is 2.65 bits per heavy atom. The number of carbonyl (C=O) groups is 1. The van der Waals surface area contributed by atoms with E-state index in [0.717, 1.165) is 61.3 Å². The van der Waals surface area contributed by atoms with Gasteiger partial charge in [0.1, 0.15) is 0 Å². The first kappa shape index (κ1) is 24.3. The number of amides is 2. The summed E-state index contributed by atoms with van der Waals surface area (Å²) in [7, 11) is 0. The maximum Gasteiger partial charge on any atom is 0.322 e. The maximum atomic E-state index is 13.2. The van der Waals surface area contributed by atoms with Crippen LogP contribution >= 0.6 is 11.6 Å². The number of pyridine rings is 1. The summed E-state index contributed by atoms with van der Waals surface area (Å²) in [6.45, 7) is 8.93. The summed E-state index contributed by atoms with van der Waals surface area (Å²) >= 11 is 6.25. The first-order chi connectivity index (χ1) is 16.4. The van der Waals surface area contributed by atoms with Crippen molar-refractivity contribution in [2.45, 2.75) is 26.8 Å². The lowest BCUT2D eigenvalue weighted by Crippen LogP contribution is -2.40. The van der Waals surface area contributed by atoms with Crippen LogP contribution in [0.25, 0.3) is 10.9 Å². The molecule has 0 bridgehead atoms. The zero-order chi connectivity index (χ0) is 24.1. The van der Waals surface area contributed by atoms with Crippen LogP contribution < -0.4 is 10.9 Å². The normalized spacial score (nSPS) is 14.3. The third kappa shape index (κ3) is 5.97. The lowest BCUT2D eigenvalue weighted by Gasteiger charge is -2.28. The molecule has 0 aliphatic carbocycles. The Labute approximate surface area is 204 Å². The van der Waals surface area contributed by atoms with Crippen LogP contribution in [0.5, 0.6) is 0 Å². The van der Waals surface area contributed by atoms with Crippen LogP contribution in [0, 0.1) is 13.8 Å². The molecule has 4 rings (SSSR count). The SMILES string of the molecule is Cc1cc2cc(CN(CCCN3CCOCC3)C(=O)Nc3ccccc3Cl)c(=O)[nH]c2cc1C. The number of hydrogen-bond acceptors (Lipinski definition) is 4. The van der Waals surface area contributed by atoms with E-state index in [0.29, 0.717) is 22.8 Å². The number of halogens is 1. The van der Waals surface area contributed by atoms with Gasteiger partial charge in [-0.1, -0.05) is 23.7 Å². The molecule has 8 heteroatoms. The smallest absolute Gasteiger partial charge is 0.322 e. The van der Waals surface area contributed by atoms with Gasteiger partial charge in [-0.05, 0) is 67.1 Å². The number of H-pyrrole nitrogens is 1. The van der Waals surface area contributed by atoms with Crippen molar-refractivity contribution < 1.29 is 9.53 Å². The molecule has 1 aliphatic rings. The van der Waals surface area contributed by atoms with E-state index in [1.165, 1.54) is 0 Å². The number of benzene rings is 2. The molecule has 1 fully saturated rings. The average molecular weight is 483 g/mol. The molecule has 0 atom stereocenters. The molecule has 0 spiro atoms. The number of morpholine rings is 1. The summed E-state index contributed by atoms with van der Waals surface area (Å²) in [4.78, 5) is 33.1. The van der Waals surface area contributed by atoms with Crippen LogP contribution in [0.15, 0.2) is 47.3 Å². The third-order valence-corrected chi connectivity index (χ3v) is 6.63. The van der Waals surface area contributed by atoms with E-state index in [-0.39, 0.29) is 18.1 Å². The number of aromatic amines is 1. The number of para-hydroxylation sites is 1. The predicted molar refractivity (Wildman–Crippen MR) is 137 cm³/mol. The van der Waals surface area contributed by atoms with Crippen LogP contribution in [0.1, 0.15) is 23.1 Å². The molecule has 1 aliphatic heterocycles. The highest BCUT2D eigenvalue weighted by molar-refractivity contribution is 6.33. The Kier molecular flexibility index (Phi) is 7.88. The Bertz CT molecular complexity index is 1220. The number of anilines is 1. The predicted octanol–water partition coefficient (Wildman–Crippen LogP) is 4.55. The number of hydrogen-bond donors (Lipinski definition) is 2. The van der Waals surface area contributed by atoms with E-state index < -0.39 is 0 Å². The fraction of sp³-hybridized carbons (Fsp3) is 0.385. The first-order valence-corrected chi connectivity index (χ1v) is 12.0. The van der Waals surface area contributed by atoms with Crippen LogP contribution in [0.3, 0.4) is 0 Å². The minimum absolute atomic E-state index is 0.181. The average Bonchev–Trinajstić information content (AvgIpc) is 2.82. The third-order valence-electron chi connectivity index (χ3n) is 6.31. The van der Waals surface area contributed by atoms with Crippen molar-refractivity contribution in [2.24, 2.45) is 0 Å². The van der Waals surface area contributed by atoms with Crippen LogP contribution in [-0.2, 0) is 11.3 Å². The van der Waals surface area contributed by atoms with Gasteiger partial charge in [-0.25, -0.2) is 4.79 Å². The lowest BCUT2D eigenvalue weighted by molar-refractivity contribution is 0.0365. The summed E-state index contributed by atoms with van der Waals surface area (Å²) in [5.41, 5.74) is 4.00. The topological polar surface area (TPSA) is 77.7 Å². The number of urea groups is 1. The van der Waals surface area contributed by atoms with E-state index in [1.54, 1.807) is 17.0 Å². The molecule has 180 valence electrons. The molecule has 0 unspecified atom stereocenters. The monoisotopic (exact) mass is 482 g/mol. The number of ether oxygens (including phenoxy) is 1. The number of carbonyl (C=O) groups excluding carboxylic acids is 1. The van der Waals surface area contributed by atoms with Crippen molar-refractivity contribution in [1.29, 1.82) is 0 Å². The Balaban J connectivity index is 1.54. The summed E-state index contributed by atoms with van der Waals surface area (Å²) in [6.07, 6.45) is 0.791. The van der Waals surface area contributed by atoms with E-state index in [2.05, 4.69) is 28.2 Å². The van der Waals surface area contributed by atoms with Gasteiger partial charge in [-0.15, -0.1) is 0 Å². The molecule has 0 saturated carbocycles. The van der Waals surface area contributed by atoms with Gasteiger partial charge in [0.2, 0.25) is 0 Å². The van der Waals surface area contributed by atoms with Crippen molar-refractivity contribution in [3.63, 3.8) is 0 Å². The van der Waals surface area contributed by atoms with E-state index in [4.69, 9.17) is 16.3 Å². The van der Waals surface area contributed by atoms with Crippen LogP contribution in [0.2, 0.25) is 5.02 Å². The fourth-order valence-corrected chi connectivity index (χ4v) is 4.35. The standard InChI is InChI=1S/C26H31ClN4O3/c1-18-14-20-16-21(25(32)28-24(20)15-19(18)2)17-31(9-5-8-30-10-12-34-13-11-30)26(33)29-23-7-4-3-6-22(23)27/h3-4,6-7,14-16H,5,8-13,17H2,1-2H3,(H,28,32)(H,29,33). The van der Waals surface area contributed by atoms with Crippen molar-refractivity contribution in [3.05, 3.63) is 74.5 Å². The molecule has 2 heterocycles. The molecule has 1 aromatic heterocycles. The van der Waals surface area contributed by atoms with Gasteiger partial charge >= 0.3 is 6.03 Å². The molecule has 2 amide bonds. The van der Waals surface area contributed by atoms with E-state index >= 15 is 0 Å². The number of fused-ring (bicyclic) bond motifs is 1. The largest absolute Gasteiger partial charge is 0.379 e. The molecule has 2 N–H and O–H groups in total. The Hall–Kier alpha value is -2.87. The molecule has 34 heavy (non-hydrogen) atoms. The summed E-state index contributed by atoms with van der Waals surface area (Å²) < 4.78 is 5.42. The minimum Gasteiger partial charge on any atom is -0.379 e. The second-order valence-electron chi connectivity index (χ2n) is 8.79. The molecule has 7 nitrogen and oxygen atoms in total. The number of rotatable bonds is 7. The van der Waals surface area contributed by atoms with Gasteiger partial charge < -0.3 is 19.9 Å². The second kappa shape index (κ2) is 11.0. The zero-order valence-corrected chi connectivity index (χ0v) is 20.5. The molecule has 1 saturated heterocycles. The minimum atomic E-state index is -0.283. The molecule has 2 aromatic carbocycles. The number of nitrogens with one attached hydrogen (secondary N) is 2. The van der Waals surface area contributed by atoms with Crippen LogP contribution in [-0.4, -0.2) is 60.2 Å². The fourth-order valence-electron chi connectivity index (χ4n) is 4.16. The molecule has 3 aromatic rings. The lowest BCUT2D eigenvalue weighted by atomic mass is 10.0. The summed E-state index contributed by atoms with van der Waals surface area (Å²) in [5, 5.41) is 4.33. The van der Waals surface area contributed by atoms with Crippen molar-refractivity contribution >= 4 is 34.2 Å². The first-order valence-electron chi connectivity index (χ1n) is 11.6. The number of nitrogens with zero attached hydrogens (tertiary/aromatic N) is 2. The van der Waals surface area contributed by atoms with Gasteiger partial charge in [-0.2, -0.15) is 0 Å². The highest BCUT2D eigenvalue weighted by Crippen LogP contribution is 2.22. The summed E-state index contributed by atoms with van der Waals surface area (Å²) in [6, 6.07) is 12.8. The summed E-state index contributed by atoms with van der Waals surface area (Å²) in [5.74, 6) is 0. The quantitative estimate of drug-likeness (QED) is 0.517. The molecule has 0 radical (unpaired) electrons. The molecular weight excluding hydrogens is 452 g/mol. The maximum absolute atomic E-state index is 13.2. The van der Waals surface area contributed by atoms with E-state index in [9.17, 15) is 9.59 Å². The van der Waals surface area contributed by atoms with Crippen molar-refractivity contribution in [1.82, 2.24) is 14.8 Å². The van der Waals surface area contributed by atoms with Gasteiger partial charge in [0.05, 0.1) is 30.5 Å². The Morgan fingerprint density at radius 1 is 1.15 bits per heavy atom. The van der Waals surface area contributed by atoms with E-state index in [1.807, 2.05) is 31.2 Å². The van der Waals surface area contributed by atoms with Crippen molar-refractivity contribution in [2.75, 3.05) is 44.7 Å². The van der Waals surface area contributed by atoms with Gasteiger partial charge in [0.15, 0.2) is 0 Å². The Morgan fingerprint density at radius 2 is 1.88 bits per heavy atom. The molecular formula is C26H31ClN4O3. The highest BCUT2D eigenvalue weighted by atomic mass is 35.5. The highest BCUT2D eigenvalue weighted by Gasteiger charge is 2.18. The van der Waals surface area contributed by atoms with Gasteiger partial charge in [0, 0.05) is 37.3 Å².